The molecular weight excluding hydrogens is 318 g/mol. The minimum atomic E-state index is 0.688. The van der Waals surface area contributed by atoms with E-state index in [0.717, 1.165) is 0 Å². The summed E-state index contributed by atoms with van der Waals surface area (Å²) in [6.45, 7) is 2.46. The molecule has 0 radical (unpaired) electrons. The first-order valence-electron chi connectivity index (χ1n) is 12.2. The molecule has 0 bridgehead atoms. The lowest BCUT2D eigenvalue weighted by atomic mass is 9.89. The van der Waals surface area contributed by atoms with Gasteiger partial charge in [-0.2, -0.15) is 0 Å². The van der Waals surface area contributed by atoms with Crippen molar-refractivity contribution in [3.05, 3.63) is 0 Å². The van der Waals surface area contributed by atoms with Crippen molar-refractivity contribution < 1.29 is 0 Å². The van der Waals surface area contributed by atoms with Crippen LogP contribution in [0.5, 0.6) is 0 Å². The van der Waals surface area contributed by atoms with Gasteiger partial charge in [0.05, 0.1) is 0 Å². The van der Waals surface area contributed by atoms with Gasteiger partial charge in [0, 0.05) is 24.2 Å². The van der Waals surface area contributed by atoms with E-state index in [4.69, 9.17) is 0 Å². The Morgan fingerprint density at radius 3 is 1.19 bits per heavy atom. The standard InChI is InChI=1S/C23H45N3/c1-3-8-14-20(24-18-12-5-1)22-16-10-7-11-17-23(26-22)21-15-9-4-2-6-13-19-25-21/h20-26H,1-19H2. The summed E-state index contributed by atoms with van der Waals surface area (Å²) >= 11 is 0. The Labute approximate surface area is 162 Å². The highest BCUT2D eigenvalue weighted by Gasteiger charge is 2.29. The molecule has 0 amide bonds. The van der Waals surface area contributed by atoms with Crippen molar-refractivity contribution in [3.63, 3.8) is 0 Å². The fraction of sp³-hybridized carbons (Fsp3) is 1.00. The van der Waals surface area contributed by atoms with Gasteiger partial charge in [0.15, 0.2) is 0 Å². The molecule has 3 heteroatoms. The normalized spacial score (nSPS) is 36.9. The fourth-order valence-corrected chi connectivity index (χ4v) is 5.49. The highest BCUT2D eigenvalue weighted by Crippen LogP contribution is 2.23. The van der Waals surface area contributed by atoms with E-state index in [2.05, 4.69) is 16.0 Å². The zero-order valence-corrected chi connectivity index (χ0v) is 17.2. The number of rotatable bonds is 2. The summed E-state index contributed by atoms with van der Waals surface area (Å²) < 4.78 is 0. The third kappa shape index (κ3) is 7.13. The van der Waals surface area contributed by atoms with Crippen LogP contribution in [0.15, 0.2) is 0 Å². The van der Waals surface area contributed by atoms with Crippen LogP contribution in [-0.4, -0.2) is 37.3 Å². The number of hydrogen-bond acceptors (Lipinski definition) is 3. The molecule has 0 aliphatic carbocycles. The van der Waals surface area contributed by atoms with Crippen LogP contribution in [0.3, 0.4) is 0 Å². The van der Waals surface area contributed by atoms with E-state index < -0.39 is 0 Å². The van der Waals surface area contributed by atoms with Crippen LogP contribution in [0, 0.1) is 0 Å². The Morgan fingerprint density at radius 1 is 0.346 bits per heavy atom. The van der Waals surface area contributed by atoms with Crippen LogP contribution in [-0.2, 0) is 0 Å². The van der Waals surface area contributed by atoms with E-state index in [9.17, 15) is 0 Å². The highest BCUT2D eigenvalue weighted by molar-refractivity contribution is 4.92. The van der Waals surface area contributed by atoms with Crippen molar-refractivity contribution >= 4 is 0 Å². The molecule has 0 aromatic carbocycles. The first kappa shape index (κ1) is 20.6. The van der Waals surface area contributed by atoms with Gasteiger partial charge in [-0.1, -0.05) is 70.6 Å². The lowest BCUT2D eigenvalue weighted by Gasteiger charge is -2.38. The SMILES string of the molecule is C1CCCNC(C2CCCCCC(C3CCCCCCCN3)N2)CCC1. The van der Waals surface area contributed by atoms with E-state index in [1.54, 1.807) is 0 Å². The molecule has 3 fully saturated rings. The Hall–Kier alpha value is -0.120. The van der Waals surface area contributed by atoms with E-state index in [1.165, 1.54) is 122 Å². The third-order valence-corrected chi connectivity index (χ3v) is 7.13. The average Bonchev–Trinajstić information content (AvgIpc) is 2.85. The van der Waals surface area contributed by atoms with Crippen LogP contribution in [0.1, 0.15) is 109 Å². The molecular formula is C23H45N3. The van der Waals surface area contributed by atoms with Crippen LogP contribution in [0.4, 0.5) is 0 Å². The molecule has 0 spiro atoms. The fourth-order valence-electron chi connectivity index (χ4n) is 5.49. The zero-order valence-electron chi connectivity index (χ0n) is 17.2. The van der Waals surface area contributed by atoms with Crippen LogP contribution in [0.2, 0.25) is 0 Å². The molecule has 0 aromatic rings. The number of nitrogens with one attached hydrogen (secondary N) is 3. The van der Waals surface area contributed by atoms with E-state index in [0.29, 0.717) is 24.2 Å². The van der Waals surface area contributed by atoms with Gasteiger partial charge in [-0.05, 0) is 51.6 Å². The second-order valence-corrected chi connectivity index (χ2v) is 9.25. The first-order valence-corrected chi connectivity index (χ1v) is 12.2. The van der Waals surface area contributed by atoms with Gasteiger partial charge >= 0.3 is 0 Å². The molecule has 0 saturated carbocycles. The second-order valence-electron chi connectivity index (χ2n) is 9.25. The van der Waals surface area contributed by atoms with E-state index in [-0.39, 0.29) is 0 Å². The first-order chi connectivity index (χ1) is 12.9. The lowest BCUT2D eigenvalue weighted by molar-refractivity contribution is 0.234. The zero-order chi connectivity index (χ0) is 17.9. The smallest absolute Gasteiger partial charge is 0.0224 e. The maximum atomic E-state index is 4.21. The van der Waals surface area contributed by atoms with Crippen molar-refractivity contribution in [1.82, 2.24) is 16.0 Å². The molecule has 3 saturated heterocycles. The van der Waals surface area contributed by atoms with Crippen molar-refractivity contribution in [3.8, 4) is 0 Å². The largest absolute Gasteiger partial charge is 0.312 e. The van der Waals surface area contributed by atoms with Crippen LogP contribution < -0.4 is 16.0 Å². The molecule has 3 rings (SSSR count). The van der Waals surface area contributed by atoms with Gasteiger partial charge in [-0.15, -0.1) is 0 Å². The maximum Gasteiger partial charge on any atom is 0.0224 e. The molecule has 3 aliphatic heterocycles. The highest BCUT2D eigenvalue weighted by atomic mass is 15.1. The summed E-state index contributed by atoms with van der Waals surface area (Å²) in [6, 6.07) is 2.77. The Balaban J connectivity index is 1.60. The predicted octanol–water partition coefficient (Wildman–Crippen LogP) is 4.90. The summed E-state index contributed by atoms with van der Waals surface area (Å²) in [6.07, 6.45) is 24.0. The van der Waals surface area contributed by atoms with Crippen molar-refractivity contribution in [2.45, 2.75) is 133 Å². The van der Waals surface area contributed by atoms with Crippen molar-refractivity contribution in [2.75, 3.05) is 13.1 Å². The third-order valence-electron chi connectivity index (χ3n) is 7.13. The second kappa shape index (κ2) is 12.4. The van der Waals surface area contributed by atoms with Gasteiger partial charge in [0.1, 0.15) is 0 Å². The summed E-state index contributed by atoms with van der Waals surface area (Å²) in [5.74, 6) is 0. The maximum absolute atomic E-state index is 4.21. The summed E-state index contributed by atoms with van der Waals surface area (Å²) in [7, 11) is 0. The molecule has 3 N–H and O–H groups in total. The molecule has 3 aliphatic rings. The van der Waals surface area contributed by atoms with Gasteiger partial charge in [0.2, 0.25) is 0 Å². The molecule has 3 nitrogen and oxygen atoms in total. The predicted molar refractivity (Wildman–Crippen MR) is 113 cm³/mol. The van der Waals surface area contributed by atoms with Crippen LogP contribution in [0.25, 0.3) is 0 Å². The average molecular weight is 364 g/mol. The molecule has 3 heterocycles. The molecule has 0 aromatic heterocycles. The van der Waals surface area contributed by atoms with E-state index in [1.807, 2.05) is 0 Å². The molecule has 26 heavy (non-hydrogen) atoms. The van der Waals surface area contributed by atoms with Gasteiger partial charge in [-0.3, -0.25) is 0 Å². The van der Waals surface area contributed by atoms with Gasteiger partial charge in [0.25, 0.3) is 0 Å². The van der Waals surface area contributed by atoms with E-state index >= 15 is 0 Å². The topological polar surface area (TPSA) is 36.1 Å². The van der Waals surface area contributed by atoms with Crippen molar-refractivity contribution in [1.29, 1.82) is 0 Å². The Morgan fingerprint density at radius 2 is 0.692 bits per heavy atom. The minimum Gasteiger partial charge on any atom is -0.312 e. The van der Waals surface area contributed by atoms with Gasteiger partial charge in [-0.25, -0.2) is 0 Å². The lowest BCUT2D eigenvalue weighted by Crippen LogP contribution is -2.57. The molecule has 4 atom stereocenters. The van der Waals surface area contributed by atoms with Gasteiger partial charge < -0.3 is 16.0 Å². The summed E-state index contributed by atoms with van der Waals surface area (Å²) in [4.78, 5) is 0. The monoisotopic (exact) mass is 363 g/mol. The minimum absolute atomic E-state index is 0.688. The Kier molecular flexibility index (Phi) is 9.80. The summed E-state index contributed by atoms with van der Waals surface area (Å²) in [5, 5.41) is 12.1. The Bertz CT molecular complexity index is 307. The summed E-state index contributed by atoms with van der Waals surface area (Å²) in [5.41, 5.74) is 0. The quantitative estimate of drug-likeness (QED) is 0.653. The molecule has 152 valence electrons. The van der Waals surface area contributed by atoms with Crippen molar-refractivity contribution in [2.24, 2.45) is 0 Å². The number of hydrogen-bond donors (Lipinski definition) is 3. The molecule has 4 unspecified atom stereocenters. The van der Waals surface area contributed by atoms with Crippen LogP contribution >= 0.6 is 0 Å².